The van der Waals surface area contributed by atoms with E-state index in [2.05, 4.69) is 10.3 Å². The second-order valence-corrected chi connectivity index (χ2v) is 4.72. The molecule has 0 amide bonds. The van der Waals surface area contributed by atoms with Crippen molar-refractivity contribution in [2.45, 2.75) is 6.92 Å². The molecule has 86 valence electrons. The normalized spacial score (nSPS) is 10.9. The van der Waals surface area contributed by atoms with Crippen LogP contribution in [0.2, 0.25) is 5.02 Å². The zero-order chi connectivity index (χ0) is 11.4. The number of nitrogens with one attached hydrogen (secondary N) is 1. The van der Waals surface area contributed by atoms with Gasteiger partial charge in [-0.2, -0.15) is 0 Å². The molecule has 2 aromatic rings. The van der Waals surface area contributed by atoms with Gasteiger partial charge in [-0.15, -0.1) is 0 Å². The molecule has 0 fully saturated rings. The van der Waals surface area contributed by atoms with Crippen molar-refractivity contribution in [2.75, 3.05) is 25.1 Å². The topological polar surface area (TPSA) is 34.1 Å². The van der Waals surface area contributed by atoms with Gasteiger partial charge in [-0.3, -0.25) is 0 Å². The van der Waals surface area contributed by atoms with Crippen LogP contribution in [0.15, 0.2) is 18.2 Å². The number of rotatable bonds is 5. The minimum absolute atomic E-state index is 0.702. The van der Waals surface area contributed by atoms with Crippen molar-refractivity contribution in [3.63, 3.8) is 0 Å². The van der Waals surface area contributed by atoms with Gasteiger partial charge in [-0.05, 0) is 25.1 Å². The molecule has 0 atom stereocenters. The minimum atomic E-state index is 0.702. The first-order valence-corrected chi connectivity index (χ1v) is 6.36. The third kappa shape index (κ3) is 2.84. The molecule has 5 heteroatoms. The van der Waals surface area contributed by atoms with Crippen molar-refractivity contribution < 1.29 is 4.74 Å². The van der Waals surface area contributed by atoms with E-state index in [9.17, 15) is 0 Å². The van der Waals surface area contributed by atoms with Gasteiger partial charge in [0, 0.05) is 18.2 Å². The van der Waals surface area contributed by atoms with E-state index in [4.69, 9.17) is 16.3 Å². The Balaban J connectivity index is 2.02. The number of benzene rings is 1. The second kappa shape index (κ2) is 5.48. The van der Waals surface area contributed by atoms with Gasteiger partial charge in [0.2, 0.25) is 0 Å². The summed E-state index contributed by atoms with van der Waals surface area (Å²) in [5.41, 5.74) is 0.980. The Labute approximate surface area is 103 Å². The first-order chi connectivity index (χ1) is 7.79. The molecule has 2 rings (SSSR count). The lowest BCUT2D eigenvalue weighted by atomic mass is 10.3. The summed E-state index contributed by atoms with van der Waals surface area (Å²) < 4.78 is 6.34. The maximum atomic E-state index is 5.91. The molecule has 0 aliphatic rings. The minimum Gasteiger partial charge on any atom is -0.380 e. The molecule has 0 saturated carbocycles. The molecule has 0 spiro atoms. The van der Waals surface area contributed by atoms with Crippen LogP contribution in [-0.4, -0.2) is 24.7 Å². The molecule has 1 aromatic heterocycles. The maximum absolute atomic E-state index is 5.91. The molecule has 0 saturated heterocycles. The number of thiazole rings is 1. The molecule has 0 bridgehead atoms. The maximum Gasteiger partial charge on any atom is 0.183 e. The second-order valence-electron chi connectivity index (χ2n) is 3.25. The third-order valence-corrected chi connectivity index (χ3v) is 3.29. The Morgan fingerprint density at radius 2 is 2.38 bits per heavy atom. The van der Waals surface area contributed by atoms with Gasteiger partial charge in [-0.25, -0.2) is 4.98 Å². The highest BCUT2D eigenvalue weighted by atomic mass is 35.5. The van der Waals surface area contributed by atoms with Crippen molar-refractivity contribution in [1.29, 1.82) is 0 Å². The van der Waals surface area contributed by atoms with Gasteiger partial charge in [-0.1, -0.05) is 22.9 Å². The molecule has 0 aliphatic carbocycles. The molecule has 3 nitrogen and oxygen atoms in total. The third-order valence-electron chi connectivity index (χ3n) is 2.08. The first kappa shape index (κ1) is 11.6. The van der Waals surface area contributed by atoms with Crippen LogP contribution in [0.1, 0.15) is 6.92 Å². The van der Waals surface area contributed by atoms with Crippen LogP contribution in [-0.2, 0) is 4.74 Å². The quantitative estimate of drug-likeness (QED) is 0.833. The summed E-state index contributed by atoms with van der Waals surface area (Å²) in [5.74, 6) is 0. The van der Waals surface area contributed by atoms with Crippen molar-refractivity contribution in [3.05, 3.63) is 23.2 Å². The van der Waals surface area contributed by atoms with Crippen molar-refractivity contribution in [1.82, 2.24) is 4.98 Å². The molecule has 0 radical (unpaired) electrons. The van der Waals surface area contributed by atoms with Crippen LogP contribution in [0.5, 0.6) is 0 Å². The van der Waals surface area contributed by atoms with E-state index < -0.39 is 0 Å². The van der Waals surface area contributed by atoms with Crippen LogP contribution < -0.4 is 5.32 Å². The van der Waals surface area contributed by atoms with Crippen LogP contribution in [0.3, 0.4) is 0 Å². The standard InChI is InChI=1S/C11H13ClN2OS/c1-2-15-6-5-13-11-14-9-4-3-8(12)7-10(9)16-11/h3-4,7H,2,5-6H2,1H3,(H,13,14). The Morgan fingerprint density at radius 3 is 3.19 bits per heavy atom. The number of fused-ring (bicyclic) bond motifs is 1. The molecule has 0 unspecified atom stereocenters. The number of anilines is 1. The van der Waals surface area contributed by atoms with Gasteiger partial charge < -0.3 is 10.1 Å². The molecule has 0 aliphatic heterocycles. The highest BCUT2D eigenvalue weighted by Gasteiger charge is 2.03. The summed E-state index contributed by atoms with van der Waals surface area (Å²) in [4.78, 5) is 4.44. The lowest BCUT2D eigenvalue weighted by molar-refractivity contribution is 0.158. The largest absolute Gasteiger partial charge is 0.380 e. The number of aromatic nitrogens is 1. The average Bonchev–Trinajstić information content (AvgIpc) is 2.66. The van der Waals surface area contributed by atoms with E-state index in [1.165, 1.54) is 0 Å². The monoisotopic (exact) mass is 256 g/mol. The zero-order valence-corrected chi connectivity index (χ0v) is 10.6. The van der Waals surface area contributed by atoms with E-state index in [1.54, 1.807) is 11.3 Å². The smallest absolute Gasteiger partial charge is 0.183 e. The van der Waals surface area contributed by atoms with E-state index in [0.717, 1.165) is 33.5 Å². The van der Waals surface area contributed by atoms with Gasteiger partial charge >= 0.3 is 0 Å². The molecular formula is C11H13ClN2OS. The van der Waals surface area contributed by atoms with Crippen LogP contribution >= 0.6 is 22.9 Å². The highest BCUT2D eigenvalue weighted by Crippen LogP contribution is 2.27. The van der Waals surface area contributed by atoms with Crippen molar-refractivity contribution in [2.24, 2.45) is 0 Å². The van der Waals surface area contributed by atoms with E-state index in [0.29, 0.717) is 6.61 Å². The van der Waals surface area contributed by atoms with Crippen LogP contribution in [0.25, 0.3) is 10.2 Å². The first-order valence-electron chi connectivity index (χ1n) is 5.17. The number of halogens is 1. The fourth-order valence-corrected chi connectivity index (χ4v) is 2.52. The molecule has 16 heavy (non-hydrogen) atoms. The van der Waals surface area contributed by atoms with Gasteiger partial charge in [0.05, 0.1) is 16.8 Å². The Bertz CT molecular complexity index is 472. The summed E-state index contributed by atoms with van der Waals surface area (Å²) in [6.45, 7) is 4.21. The average molecular weight is 257 g/mol. The molecule has 1 heterocycles. The number of nitrogens with zero attached hydrogens (tertiary/aromatic N) is 1. The lowest BCUT2D eigenvalue weighted by Gasteiger charge is -2.01. The van der Waals surface area contributed by atoms with Crippen molar-refractivity contribution in [3.8, 4) is 0 Å². The fraction of sp³-hybridized carbons (Fsp3) is 0.364. The summed E-state index contributed by atoms with van der Waals surface area (Å²) in [7, 11) is 0. The van der Waals surface area contributed by atoms with Crippen molar-refractivity contribution >= 4 is 38.3 Å². The molecular weight excluding hydrogens is 244 g/mol. The lowest BCUT2D eigenvalue weighted by Crippen LogP contribution is -2.08. The SMILES string of the molecule is CCOCCNc1nc2ccc(Cl)cc2s1. The molecule has 1 aromatic carbocycles. The van der Waals surface area contributed by atoms with Crippen LogP contribution in [0.4, 0.5) is 5.13 Å². The van der Waals surface area contributed by atoms with Gasteiger partial charge in [0.15, 0.2) is 5.13 Å². The van der Waals surface area contributed by atoms with E-state index in [1.807, 2.05) is 25.1 Å². The Morgan fingerprint density at radius 1 is 1.50 bits per heavy atom. The number of hydrogen-bond acceptors (Lipinski definition) is 4. The summed E-state index contributed by atoms with van der Waals surface area (Å²) in [5, 5.41) is 4.89. The van der Waals surface area contributed by atoms with Gasteiger partial charge in [0.1, 0.15) is 0 Å². The summed E-state index contributed by atoms with van der Waals surface area (Å²) >= 11 is 7.52. The van der Waals surface area contributed by atoms with E-state index >= 15 is 0 Å². The predicted molar refractivity (Wildman–Crippen MR) is 69.6 cm³/mol. The van der Waals surface area contributed by atoms with E-state index in [-0.39, 0.29) is 0 Å². The number of ether oxygens (including phenoxy) is 1. The fourth-order valence-electron chi connectivity index (χ4n) is 1.35. The van der Waals surface area contributed by atoms with Crippen LogP contribution in [0, 0.1) is 0 Å². The highest BCUT2D eigenvalue weighted by molar-refractivity contribution is 7.22. The summed E-state index contributed by atoms with van der Waals surface area (Å²) in [6.07, 6.45) is 0. The Kier molecular flexibility index (Phi) is 3.98. The van der Waals surface area contributed by atoms with Gasteiger partial charge in [0.25, 0.3) is 0 Å². The number of hydrogen-bond donors (Lipinski definition) is 1. The predicted octanol–water partition coefficient (Wildman–Crippen LogP) is 3.40. The molecule has 1 N–H and O–H groups in total. The Hall–Kier alpha value is -0.840. The zero-order valence-electron chi connectivity index (χ0n) is 9.00. The summed E-state index contributed by atoms with van der Waals surface area (Å²) in [6, 6.07) is 5.72.